The smallest absolute Gasteiger partial charge is 0.198 e. The Balaban J connectivity index is 3.88. The third kappa shape index (κ3) is 4.04. The summed E-state index contributed by atoms with van der Waals surface area (Å²) >= 11 is 0. The molecule has 0 aromatic carbocycles. The van der Waals surface area contributed by atoms with Crippen molar-refractivity contribution in [1.29, 1.82) is 0 Å². The van der Waals surface area contributed by atoms with Crippen LogP contribution in [0.3, 0.4) is 0 Å². The summed E-state index contributed by atoms with van der Waals surface area (Å²) in [5, 5.41) is -0.443. The monoisotopic (exact) mass is 195 g/mol. The van der Waals surface area contributed by atoms with Crippen molar-refractivity contribution in [2.24, 2.45) is 0 Å². The van der Waals surface area contributed by atoms with Gasteiger partial charge in [-0.2, -0.15) is 18.2 Å². The Bertz CT molecular complexity index is 201. The van der Waals surface area contributed by atoms with Crippen LogP contribution >= 0.6 is 0 Å². The van der Waals surface area contributed by atoms with E-state index >= 15 is 0 Å². The summed E-state index contributed by atoms with van der Waals surface area (Å²) in [4.78, 5) is 0. The molecule has 0 aliphatic carbocycles. The summed E-state index contributed by atoms with van der Waals surface area (Å²) in [6.45, 7) is 5.93. The average molecular weight is 195 g/mol. The van der Waals surface area contributed by atoms with Gasteiger partial charge in [0.25, 0.3) is 10.1 Å². The fraction of sp³-hybridized carbons (Fsp3) is 1.00. The Morgan fingerprint density at radius 3 is 2.42 bits per heavy atom. The molecule has 0 aromatic heterocycles. The molecule has 0 spiro atoms. The first-order valence-electron chi connectivity index (χ1n) is 4.19. The van der Waals surface area contributed by atoms with E-state index < -0.39 is 15.4 Å². The van der Waals surface area contributed by atoms with Crippen molar-refractivity contribution in [2.45, 2.75) is 38.9 Å². The second-order valence-corrected chi connectivity index (χ2v) is 4.65. The van der Waals surface area contributed by atoms with E-state index in [1.807, 2.05) is 13.8 Å². The first-order valence-corrected chi connectivity index (χ1v) is 5.66. The highest BCUT2D eigenvalue weighted by molar-refractivity contribution is 7.87. The Morgan fingerprint density at radius 2 is 2.00 bits per heavy atom. The highest BCUT2D eigenvalue weighted by Crippen LogP contribution is 2.05. The minimum atomic E-state index is -3.39. The van der Waals surface area contributed by atoms with Gasteiger partial charge in [-0.05, 0) is 19.8 Å². The van der Waals surface area contributed by atoms with Crippen molar-refractivity contribution in [3.63, 3.8) is 0 Å². The summed E-state index contributed by atoms with van der Waals surface area (Å²) in [7, 11) is -3.39. The maximum absolute atomic E-state index is 11.2. The van der Waals surface area contributed by atoms with E-state index in [0.29, 0.717) is 13.0 Å². The topological polar surface area (TPSA) is 55.4 Å². The van der Waals surface area contributed by atoms with Gasteiger partial charge >= 0.3 is 0 Å². The summed E-state index contributed by atoms with van der Waals surface area (Å²) in [5.41, 5.74) is 2.40. The van der Waals surface area contributed by atoms with E-state index in [2.05, 4.69) is 9.76 Å². The van der Waals surface area contributed by atoms with Gasteiger partial charge in [-0.1, -0.05) is 13.8 Å². The van der Waals surface area contributed by atoms with Crippen LogP contribution in [0.1, 0.15) is 33.6 Å². The van der Waals surface area contributed by atoms with Gasteiger partial charge in [0, 0.05) is 6.54 Å². The van der Waals surface area contributed by atoms with Crippen molar-refractivity contribution in [3.8, 4) is 0 Å². The predicted molar refractivity (Wildman–Crippen MR) is 48.1 cm³/mol. The largest absolute Gasteiger partial charge is 0.285 e. The lowest BCUT2D eigenvalue weighted by molar-refractivity contribution is 0.201. The van der Waals surface area contributed by atoms with Gasteiger partial charge in [0.1, 0.15) is 0 Å². The first-order chi connectivity index (χ1) is 5.54. The second-order valence-electron chi connectivity index (χ2n) is 2.69. The van der Waals surface area contributed by atoms with Crippen molar-refractivity contribution >= 4 is 10.1 Å². The zero-order valence-corrected chi connectivity index (χ0v) is 8.65. The molecule has 0 rings (SSSR count). The highest BCUT2D eigenvalue weighted by atomic mass is 32.2. The molecule has 0 saturated carbocycles. The fourth-order valence-corrected chi connectivity index (χ4v) is 1.33. The van der Waals surface area contributed by atoms with Crippen molar-refractivity contribution in [1.82, 2.24) is 5.48 Å². The molecule has 0 aliphatic heterocycles. The lowest BCUT2D eigenvalue weighted by Gasteiger charge is -2.09. The molecule has 0 aromatic rings. The molecule has 0 fully saturated rings. The van der Waals surface area contributed by atoms with Crippen molar-refractivity contribution < 1.29 is 12.7 Å². The van der Waals surface area contributed by atoms with Crippen LogP contribution in [0.25, 0.3) is 0 Å². The lowest BCUT2D eigenvalue weighted by atomic mass is 10.4. The minimum absolute atomic E-state index is 0.443. The van der Waals surface area contributed by atoms with Gasteiger partial charge in [0.2, 0.25) is 0 Å². The Kier molecular flexibility index (Phi) is 5.44. The third-order valence-electron chi connectivity index (χ3n) is 1.59. The predicted octanol–water partition coefficient (Wildman–Crippen LogP) is 1.05. The molecule has 0 bridgehead atoms. The number of nitrogens with one attached hydrogen (secondary N) is 1. The van der Waals surface area contributed by atoms with E-state index in [1.54, 1.807) is 6.92 Å². The molecule has 0 amide bonds. The Hall–Kier alpha value is -0.130. The lowest BCUT2D eigenvalue weighted by Crippen LogP contribution is -2.27. The zero-order chi connectivity index (χ0) is 9.61. The van der Waals surface area contributed by atoms with Gasteiger partial charge in [0.05, 0.1) is 5.25 Å². The standard InChI is InChI=1S/C7H17NO3S/c1-4-6-8-11-12(9,10)7(3)5-2/h7-8H,4-6H2,1-3H3. The van der Waals surface area contributed by atoms with Gasteiger partial charge < -0.3 is 0 Å². The van der Waals surface area contributed by atoms with Crippen LogP contribution in [0, 0.1) is 0 Å². The maximum atomic E-state index is 11.2. The Morgan fingerprint density at radius 1 is 1.42 bits per heavy atom. The SMILES string of the molecule is CCCNOS(=O)(=O)C(C)CC. The molecule has 5 heteroatoms. The van der Waals surface area contributed by atoms with Gasteiger partial charge in [0.15, 0.2) is 0 Å². The average Bonchev–Trinajstić information content (AvgIpc) is 2.03. The molecular weight excluding hydrogens is 178 g/mol. The van der Waals surface area contributed by atoms with E-state index in [4.69, 9.17) is 0 Å². The molecule has 12 heavy (non-hydrogen) atoms. The quantitative estimate of drug-likeness (QED) is 0.508. The minimum Gasteiger partial charge on any atom is -0.198 e. The molecule has 0 heterocycles. The van der Waals surface area contributed by atoms with Gasteiger partial charge in [-0.3, -0.25) is 0 Å². The van der Waals surface area contributed by atoms with E-state index in [-0.39, 0.29) is 0 Å². The van der Waals surface area contributed by atoms with Crippen LogP contribution in [0.4, 0.5) is 0 Å². The van der Waals surface area contributed by atoms with Crippen molar-refractivity contribution in [2.75, 3.05) is 6.54 Å². The summed E-state index contributed by atoms with van der Waals surface area (Å²) in [6, 6.07) is 0. The van der Waals surface area contributed by atoms with Crippen molar-refractivity contribution in [3.05, 3.63) is 0 Å². The molecule has 1 atom stereocenters. The van der Waals surface area contributed by atoms with Gasteiger partial charge in [-0.15, -0.1) is 0 Å². The molecule has 1 unspecified atom stereocenters. The normalized spacial score (nSPS) is 14.6. The van der Waals surface area contributed by atoms with E-state index in [0.717, 1.165) is 6.42 Å². The van der Waals surface area contributed by atoms with Crippen LogP contribution in [0.15, 0.2) is 0 Å². The summed E-state index contributed by atoms with van der Waals surface area (Å²) in [6.07, 6.45) is 1.41. The molecule has 74 valence electrons. The van der Waals surface area contributed by atoms with Crippen LogP contribution in [0.2, 0.25) is 0 Å². The number of hydroxylamine groups is 1. The second kappa shape index (κ2) is 5.50. The first kappa shape index (κ1) is 11.9. The molecule has 4 nitrogen and oxygen atoms in total. The highest BCUT2D eigenvalue weighted by Gasteiger charge is 2.19. The zero-order valence-electron chi connectivity index (χ0n) is 7.83. The maximum Gasteiger partial charge on any atom is 0.285 e. The molecule has 0 radical (unpaired) electrons. The molecule has 1 N–H and O–H groups in total. The summed E-state index contributed by atoms with van der Waals surface area (Å²) < 4.78 is 26.8. The fourth-order valence-electron chi connectivity index (χ4n) is 0.512. The van der Waals surface area contributed by atoms with Gasteiger partial charge in [-0.25, -0.2) is 0 Å². The number of hydrogen-bond donors (Lipinski definition) is 1. The molecule has 0 saturated heterocycles. The summed E-state index contributed by atoms with van der Waals surface area (Å²) in [5.74, 6) is 0. The number of hydrogen-bond acceptors (Lipinski definition) is 4. The van der Waals surface area contributed by atoms with Crippen LogP contribution in [0.5, 0.6) is 0 Å². The molecule has 0 aliphatic rings. The van der Waals surface area contributed by atoms with Crippen LogP contribution in [-0.2, 0) is 14.4 Å². The van der Waals surface area contributed by atoms with E-state index in [9.17, 15) is 8.42 Å². The van der Waals surface area contributed by atoms with E-state index in [1.165, 1.54) is 0 Å². The molecular formula is C7H17NO3S. The number of rotatable bonds is 6. The van der Waals surface area contributed by atoms with Crippen LogP contribution < -0.4 is 5.48 Å². The van der Waals surface area contributed by atoms with Crippen LogP contribution in [-0.4, -0.2) is 20.2 Å². The third-order valence-corrected chi connectivity index (χ3v) is 3.26. The Labute approximate surface area is 74.4 Å².